The van der Waals surface area contributed by atoms with Crippen molar-refractivity contribution < 1.29 is 14.8 Å². The number of nitrogens with one attached hydrogen (secondary N) is 1. The van der Waals surface area contributed by atoms with Crippen molar-refractivity contribution in [3.63, 3.8) is 0 Å². The molecule has 1 amide bonds. The molecule has 2 bridgehead atoms. The minimum Gasteiger partial charge on any atom is -0.508 e. The van der Waals surface area contributed by atoms with Gasteiger partial charge >= 0.3 is 0 Å². The van der Waals surface area contributed by atoms with Crippen molar-refractivity contribution in [2.45, 2.75) is 37.8 Å². The third kappa shape index (κ3) is 4.14. The van der Waals surface area contributed by atoms with Gasteiger partial charge in [-0.2, -0.15) is 0 Å². The summed E-state index contributed by atoms with van der Waals surface area (Å²) in [4.78, 5) is 39.6. The average molecular weight is 501 g/mol. The second kappa shape index (κ2) is 9.06. The molecule has 1 fully saturated rings. The first kappa shape index (κ1) is 23.3. The molecule has 1 aromatic heterocycles. The van der Waals surface area contributed by atoms with Crippen molar-refractivity contribution >= 4 is 17.3 Å². The number of carbonyl (C=O) groups excluding carboxylic acids is 1. The van der Waals surface area contributed by atoms with Crippen LogP contribution in [0.4, 0.5) is 11.4 Å². The highest BCUT2D eigenvalue weighted by atomic mass is 16.6. The number of hydrogen-bond acceptors (Lipinski definition) is 6. The highest BCUT2D eigenvalue weighted by Crippen LogP contribution is 2.47. The zero-order valence-electron chi connectivity index (χ0n) is 20.2. The number of hydrogen-bond donors (Lipinski definition) is 2. The summed E-state index contributed by atoms with van der Waals surface area (Å²) in [6, 6.07) is 17.2. The molecule has 37 heavy (non-hydrogen) atoms. The zero-order valence-corrected chi connectivity index (χ0v) is 20.2. The lowest BCUT2D eigenvalue weighted by Gasteiger charge is -2.54. The molecule has 3 aliphatic heterocycles. The molecule has 9 heteroatoms. The molecular formula is C28H28N4O5. The summed E-state index contributed by atoms with van der Waals surface area (Å²) in [5.74, 6) is 0.00854. The summed E-state index contributed by atoms with van der Waals surface area (Å²) in [5, 5.41) is 24.1. The predicted molar refractivity (Wildman–Crippen MR) is 138 cm³/mol. The maximum atomic E-state index is 13.6. The van der Waals surface area contributed by atoms with E-state index in [-0.39, 0.29) is 46.7 Å². The van der Waals surface area contributed by atoms with Crippen LogP contribution in [0.3, 0.4) is 0 Å². The lowest BCUT2D eigenvalue weighted by Crippen LogP contribution is -2.61. The van der Waals surface area contributed by atoms with E-state index < -0.39 is 4.92 Å². The molecule has 9 nitrogen and oxygen atoms in total. The molecule has 4 heterocycles. The van der Waals surface area contributed by atoms with Gasteiger partial charge in [0.2, 0.25) is 5.91 Å². The number of nitro groups is 1. The molecular weight excluding hydrogens is 472 g/mol. The highest BCUT2D eigenvalue weighted by molar-refractivity contribution is 5.82. The minimum absolute atomic E-state index is 0.0117. The first-order valence-electron chi connectivity index (χ1n) is 12.7. The normalized spacial score (nSPS) is 23.4. The SMILES string of the molecule is O=C(NCCc1ccc(O)cc1)[C@@H]1Cc2cc([N+](=O)[O-])ccc2N2C[C@@H]3C[C@@H](Cn4c3cccc4=O)[C@@H]12. The molecule has 0 aliphatic carbocycles. The lowest BCUT2D eigenvalue weighted by atomic mass is 9.70. The Balaban J connectivity index is 1.31. The number of nitrogens with zero attached hydrogens (tertiary/aromatic N) is 3. The van der Waals surface area contributed by atoms with Crippen LogP contribution in [0.25, 0.3) is 0 Å². The number of anilines is 1. The van der Waals surface area contributed by atoms with Crippen LogP contribution in [0.5, 0.6) is 5.75 Å². The number of nitro benzene ring substituents is 1. The van der Waals surface area contributed by atoms with Gasteiger partial charge in [-0.3, -0.25) is 19.7 Å². The molecule has 1 saturated heterocycles. The number of phenols is 1. The van der Waals surface area contributed by atoms with E-state index in [1.807, 2.05) is 28.8 Å². The van der Waals surface area contributed by atoms with Crippen molar-refractivity contribution in [3.8, 4) is 5.75 Å². The van der Waals surface area contributed by atoms with Gasteiger partial charge in [0.15, 0.2) is 0 Å². The number of benzene rings is 2. The Labute approximate surface area is 213 Å². The summed E-state index contributed by atoms with van der Waals surface area (Å²) < 4.78 is 1.86. The van der Waals surface area contributed by atoms with Crippen molar-refractivity contribution in [1.29, 1.82) is 0 Å². The highest BCUT2D eigenvalue weighted by Gasteiger charge is 2.49. The van der Waals surface area contributed by atoms with Crippen LogP contribution >= 0.6 is 0 Å². The van der Waals surface area contributed by atoms with Gasteiger partial charge in [-0.25, -0.2) is 0 Å². The Hall–Kier alpha value is -4.14. The zero-order chi connectivity index (χ0) is 25.7. The molecule has 0 spiro atoms. The van der Waals surface area contributed by atoms with E-state index in [1.165, 1.54) is 6.07 Å². The maximum Gasteiger partial charge on any atom is 0.269 e. The van der Waals surface area contributed by atoms with Crippen LogP contribution in [-0.4, -0.2) is 39.6 Å². The molecule has 3 aliphatic rings. The average Bonchev–Trinajstić information content (AvgIpc) is 2.89. The number of pyridine rings is 1. The number of fused-ring (bicyclic) bond motifs is 8. The summed E-state index contributed by atoms with van der Waals surface area (Å²) in [6.45, 7) is 1.67. The van der Waals surface area contributed by atoms with Crippen LogP contribution in [0.15, 0.2) is 65.5 Å². The fraction of sp³-hybridized carbons (Fsp3) is 0.357. The molecule has 0 saturated carbocycles. The Morgan fingerprint density at radius 1 is 1.11 bits per heavy atom. The Bertz CT molecular complexity index is 1430. The van der Waals surface area contributed by atoms with E-state index in [0.29, 0.717) is 32.5 Å². The van der Waals surface area contributed by atoms with Gasteiger partial charge in [0.1, 0.15) is 5.75 Å². The molecule has 2 aromatic carbocycles. The first-order valence-corrected chi connectivity index (χ1v) is 12.7. The van der Waals surface area contributed by atoms with Gasteiger partial charge in [0.25, 0.3) is 11.2 Å². The van der Waals surface area contributed by atoms with Gasteiger partial charge in [0, 0.05) is 61.2 Å². The topological polar surface area (TPSA) is 118 Å². The van der Waals surface area contributed by atoms with Crippen molar-refractivity contribution in [1.82, 2.24) is 9.88 Å². The fourth-order valence-electron chi connectivity index (χ4n) is 6.58. The third-order valence-corrected chi connectivity index (χ3v) is 8.19. The van der Waals surface area contributed by atoms with Crippen molar-refractivity contribution in [2.24, 2.45) is 11.8 Å². The number of piperidine rings is 1. The number of phenolic OH excluding ortho intramolecular Hbond substituents is 1. The van der Waals surface area contributed by atoms with Gasteiger partial charge in [-0.15, -0.1) is 0 Å². The van der Waals surface area contributed by atoms with Crippen LogP contribution < -0.4 is 15.8 Å². The maximum absolute atomic E-state index is 13.6. The largest absolute Gasteiger partial charge is 0.508 e. The van der Waals surface area contributed by atoms with Gasteiger partial charge in [-0.1, -0.05) is 18.2 Å². The van der Waals surface area contributed by atoms with E-state index >= 15 is 0 Å². The molecule has 0 radical (unpaired) electrons. The molecule has 0 unspecified atom stereocenters. The number of amides is 1. The first-order chi connectivity index (χ1) is 17.9. The lowest BCUT2D eigenvalue weighted by molar-refractivity contribution is -0.384. The van der Waals surface area contributed by atoms with Gasteiger partial charge in [-0.05, 0) is 60.6 Å². The van der Waals surface area contributed by atoms with Crippen LogP contribution in [-0.2, 0) is 24.2 Å². The Morgan fingerprint density at radius 3 is 2.70 bits per heavy atom. The van der Waals surface area contributed by atoms with Crippen molar-refractivity contribution in [3.05, 3.63) is 98.0 Å². The van der Waals surface area contributed by atoms with E-state index in [4.69, 9.17) is 0 Å². The predicted octanol–water partition coefficient (Wildman–Crippen LogP) is 2.99. The molecule has 4 atom stereocenters. The minimum atomic E-state index is -0.396. The summed E-state index contributed by atoms with van der Waals surface area (Å²) >= 11 is 0. The van der Waals surface area contributed by atoms with Crippen LogP contribution in [0.1, 0.15) is 29.2 Å². The van der Waals surface area contributed by atoms with Gasteiger partial charge in [0.05, 0.1) is 10.8 Å². The monoisotopic (exact) mass is 500 g/mol. The number of aromatic hydroxyl groups is 1. The van der Waals surface area contributed by atoms with E-state index in [9.17, 15) is 24.8 Å². The van der Waals surface area contributed by atoms with E-state index in [2.05, 4.69) is 10.2 Å². The molecule has 6 rings (SSSR count). The number of rotatable bonds is 5. The van der Waals surface area contributed by atoms with E-state index in [1.54, 1.807) is 30.3 Å². The van der Waals surface area contributed by atoms with Crippen LogP contribution in [0.2, 0.25) is 0 Å². The van der Waals surface area contributed by atoms with E-state index in [0.717, 1.165) is 28.9 Å². The summed E-state index contributed by atoms with van der Waals surface area (Å²) in [7, 11) is 0. The number of carbonyl (C=O) groups is 1. The third-order valence-electron chi connectivity index (χ3n) is 8.19. The Kier molecular flexibility index (Phi) is 5.70. The smallest absolute Gasteiger partial charge is 0.269 e. The summed E-state index contributed by atoms with van der Waals surface area (Å²) in [5.41, 5.74) is 3.80. The number of aromatic nitrogens is 1. The fourth-order valence-corrected chi connectivity index (χ4v) is 6.58. The summed E-state index contributed by atoms with van der Waals surface area (Å²) in [6.07, 6.45) is 1.95. The van der Waals surface area contributed by atoms with Crippen molar-refractivity contribution in [2.75, 3.05) is 18.0 Å². The van der Waals surface area contributed by atoms with Gasteiger partial charge < -0.3 is 19.9 Å². The molecule has 3 aromatic rings. The quantitative estimate of drug-likeness (QED) is 0.411. The Morgan fingerprint density at radius 2 is 1.92 bits per heavy atom. The molecule has 190 valence electrons. The molecule has 2 N–H and O–H groups in total. The van der Waals surface area contributed by atoms with Crippen LogP contribution in [0, 0.1) is 22.0 Å². The standard InChI is InChI=1S/C28H28N4O5/c33-22-7-4-17(5-8-22)10-11-29-28(35)23-14-18-13-21(32(36)37)6-9-25(18)31-15-19-12-20(27(23)31)16-30-24(19)2-1-3-26(30)34/h1-9,13,19-20,23,27,33H,10-12,14-16H2,(H,29,35)/t19-,20-,23+,27-/m0/s1. The number of non-ortho nitro benzene ring substituents is 1. The second-order valence-electron chi connectivity index (χ2n) is 10.3. The second-order valence-corrected chi connectivity index (χ2v) is 10.3.